The maximum Gasteiger partial charge on any atom is 0.263 e. The Morgan fingerprint density at radius 1 is 1.00 bits per heavy atom. The van der Waals surface area contributed by atoms with E-state index in [1.807, 2.05) is 12.1 Å². The maximum absolute atomic E-state index is 12.0. The van der Waals surface area contributed by atoms with Gasteiger partial charge < -0.3 is 11.1 Å². The van der Waals surface area contributed by atoms with Gasteiger partial charge in [0.15, 0.2) is 6.17 Å². The van der Waals surface area contributed by atoms with Crippen LogP contribution in [-0.4, -0.2) is 18.3 Å². The fourth-order valence-corrected chi connectivity index (χ4v) is 4.09. The highest BCUT2D eigenvalue weighted by atomic mass is 16.2. The van der Waals surface area contributed by atoms with E-state index in [0.29, 0.717) is 5.92 Å². The van der Waals surface area contributed by atoms with E-state index < -0.39 is 6.17 Å². The van der Waals surface area contributed by atoms with Crippen LogP contribution in [-0.2, 0) is 4.79 Å². The van der Waals surface area contributed by atoms with Crippen molar-refractivity contribution in [1.82, 2.24) is 0 Å². The summed E-state index contributed by atoms with van der Waals surface area (Å²) in [7, 11) is 0. The molecule has 134 valence electrons. The van der Waals surface area contributed by atoms with Gasteiger partial charge in [0.05, 0.1) is 5.69 Å². The van der Waals surface area contributed by atoms with Crippen LogP contribution in [0.5, 0.6) is 0 Å². The lowest BCUT2D eigenvalue weighted by atomic mass is 9.86. The zero-order chi connectivity index (χ0) is 17.9. The molecule has 26 heavy (non-hydrogen) atoms. The second-order valence-electron chi connectivity index (χ2n) is 7.29. The molecule has 1 fully saturated rings. The second-order valence-corrected chi connectivity index (χ2v) is 7.29. The quantitative estimate of drug-likeness (QED) is 0.788. The average molecular weight is 347 g/mol. The molecule has 4 heteroatoms. The van der Waals surface area contributed by atoms with Crippen molar-refractivity contribution in [2.45, 2.75) is 50.6 Å². The monoisotopic (exact) mass is 347 g/mol. The minimum absolute atomic E-state index is 0.269. The van der Waals surface area contributed by atoms with Gasteiger partial charge in [-0.1, -0.05) is 62.1 Å². The summed E-state index contributed by atoms with van der Waals surface area (Å²) in [6.45, 7) is 0. The summed E-state index contributed by atoms with van der Waals surface area (Å²) in [5.41, 5.74) is 11.2. The number of nitrogens with two attached hydrogens (primary N) is 1. The molecule has 1 unspecified atom stereocenters. The van der Waals surface area contributed by atoms with Crippen molar-refractivity contribution in [2.24, 2.45) is 10.7 Å². The molecule has 1 aliphatic carbocycles. The number of amides is 1. The number of carbonyl (C=O) groups excluding carboxylic acids is 1. The highest BCUT2D eigenvalue weighted by Gasteiger charge is 2.20. The molecule has 4 nitrogen and oxygen atoms in total. The summed E-state index contributed by atoms with van der Waals surface area (Å²) in [5.74, 6) is 0.353. The third kappa shape index (κ3) is 3.42. The normalized spacial score (nSPS) is 20.8. The van der Waals surface area contributed by atoms with E-state index in [9.17, 15) is 4.79 Å². The van der Waals surface area contributed by atoms with Gasteiger partial charge in [-0.3, -0.25) is 9.79 Å². The summed E-state index contributed by atoms with van der Waals surface area (Å²) < 4.78 is 0. The number of rotatable bonds is 2. The van der Waals surface area contributed by atoms with Crippen LogP contribution in [0.25, 0.3) is 11.1 Å². The zero-order valence-corrected chi connectivity index (χ0v) is 14.9. The number of anilines is 1. The van der Waals surface area contributed by atoms with Crippen molar-refractivity contribution in [1.29, 1.82) is 0 Å². The van der Waals surface area contributed by atoms with Gasteiger partial charge in [0.1, 0.15) is 0 Å². The molecule has 0 aromatic heterocycles. The van der Waals surface area contributed by atoms with Gasteiger partial charge >= 0.3 is 0 Å². The lowest BCUT2D eigenvalue weighted by Crippen LogP contribution is -2.32. The Morgan fingerprint density at radius 2 is 1.77 bits per heavy atom. The molecule has 2 aliphatic rings. The van der Waals surface area contributed by atoms with Crippen LogP contribution >= 0.6 is 0 Å². The molecule has 0 radical (unpaired) electrons. The minimum Gasteiger partial charge on any atom is -0.322 e. The van der Waals surface area contributed by atoms with Crippen molar-refractivity contribution >= 4 is 17.8 Å². The molecular formula is C22H25N3O. The summed E-state index contributed by atoms with van der Waals surface area (Å²) in [6.07, 6.45) is 8.69. The van der Waals surface area contributed by atoms with Crippen LogP contribution in [0.1, 0.15) is 55.6 Å². The van der Waals surface area contributed by atoms with E-state index in [1.54, 1.807) is 6.21 Å². The highest BCUT2D eigenvalue weighted by molar-refractivity contribution is 6.04. The summed E-state index contributed by atoms with van der Waals surface area (Å²) in [5, 5.41) is 2.90. The predicted molar refractivity (Wildman–Crippen MR) is 107 cm³/mol. The van der Waals surface area contributed by atoms with E-state index in [0.717, 1.165) is 16.8 Å². The van der Waals surface area contributed by atoms with Crippen molar-refractivity contribution in [3.05, 3.63) is 53.6 Å². The molecule has 2 aromatic rings. The first-order valence-corrected chi connectivity index (χ1v) is 9.55. The van der Waals surface area contributed by atoms with Crippen molar-refractivity contribution in [3.63, 3.8) is 0 Å². The first-order chi connectivity index (χ1) is 12.7. The Bertz CT molecular complexity index is 835. The Hall–Kier alpha value is -2.46. The molecular weight excluding hydrogens is 322 g/mol. The Morgan fingerprint density at radius 3 is 2.58 bits per heavy atom. The Kier molecular flexibility index (Phi) is 4.85. The topological polar surface area (TPSA) is 67.5 Å². The fraction of sp³-hybridized carbons (Fsp3) is 0.364. The lowest BCUT2D eigenvalue weighted by molar-refractivity contribution is -0.117. The zero-order valence-electron chi connectivity index (χ0n) is 14.9. The first-order valence-electron chi connectivity index (χ1n) is 9.55. The predicted octanol–water partition coefficient (Wildman–Crippen LogP) is 4.45. The standard InChI is InChI=1S/C22H25N3O/c23-21-22(26)25-20-13-16(11-12-17(20)14-24-21)19-10-6-5-9-18(19)15-7-3-1-2-4-8-15/h5-6,9-15,21H,1-4,7-8,23H2,(H,25,26). The van der Waals surface area contributed by atoms with Gasteiger partial charge in [-0.05, 0) is 41.5 Å². The van der Waals surface area contributed by atoms with Crippen molar-refractivity contribution in [2.75, 3.05) is 5.32 Å². The SMILES string of the molecule is NC1N=Cc2ccc(-c3ccccc3C3CCCCCC3)cc2NC1=O. The smallest absolute Gasteiger partial charge is 0.263 e. The second kappa shape index (κ2) is 7.42. The minimum atomic E-state index is -0.843. The number of fused-ring (bicyclic) bond motifs is 1. The molecule has 1 amide bonds. The van der Waals surface area contributed by atoms with Crippen LogP contribution in [0.2, 0.25) is 0 Å². The van der Waals surface area contributed by atoms with Gasteiger partial charge in [-0.25, -0.2) is 0 Å². The number of nitrogens with zero attached hydrogens (tertiary/aromatic N) is 1. The molecule has 4 rings (SSSR count). The van der Waals surface area contributed by atoms with Crippen molar-refractivity contribution < 1.29 is 4.79 Å². The molecule has 0 saturated heterocycles. The Balaban J connectivity index is 1.72. The summed E-state index contributed by atoms with van der Waals surface area (Å²) in [4.78, 5) is 16.1. The molecule has 1 heterocycles. The van der Waals surface area contributed by atoms with E-state index in [-0.39, 0.29) is 5.91 Å². The van der Waals surface area contributed by atoms with Gasteiger partial charge in [-0.15, -0.1) is 0 Å². The highest BCUT2D eigenvalue weighted by Crippen LogP contribution is 2.38. The number of benzodiazepines with no additional fused rings is 1. The summed E-state index contributed by atoms with van der Waals surface area (Å²) in [6, 6.07) is 14.9. The molecule has 1 aliphatic heterocycles. The number of carbonyl (C=O) groups is 1. The van der Waals surface area contributed by atoms with Crippen LogP contribution in [0.3, 0.4) is 0 Å². The van der Waals surface area contributed by atoms with Crippen LogP contribution < -0.4 is 11.1 Å². The van der Waals surface area contributed by atoms with E-state index >= 15 is 0 Å². The van der Waals surface area contributed by atoms with E-state index in [2.05, 4.69) is 40.6 Å². The molecule has 3 N–H and O–H groups in total. The third-order valence-electron chi connectivity index (χ3n) is 5.52. The molecule has 1 atom stereocenters. The molecule has 1 saturated carbocycles. The van der Waals surface area contributed by atoms with Crippen LogP contribution in [0.4, 0.5) is 5.69 Å². The third-order valence-corrected chi connectivity index (χ3v) is 5.52. The lowest BCUT2D eigenvalue weighted by Gasteiger charge is -2.19. The molecule has 0 bridgehead atoms. The first kappa shape index (κ1) is 17.0. The average Bonchev–Trinajstić information content (AvgIpc) is 3.02. The fourth-order valence-electron chi connectivity index (χ4n) is 4.09. The summed E-state index contributed by atoms with van der Waals surface area (Å²) >= 11 is 0. The van der Waals surface area contributed by atoms with E-state index in [4.69, 9.17) is 5.73 Å². The van der Waals surface area contributed by atoms with Crippen LogP contribution in [0.15, 0.2) is 47.5 Å². The maximum atomic E-state index is 12.0. The molecule has 2 aromatic carbocycles. The number of benzene rings is 2. The van der Waals surface area contributed by atoms with Gasteiger partial charge in [0, 0.05) is 11.8 Å². The molecule has 0 spiro atoms. The van der Waals surface area contributed by atoms with Gasteiger partial charge in [0.25, 0.3) is 5.91 Å². The van der Waals surface area contributed by atoms with Gasteiger partial charge in [0.2, 0.25) is 0 Å². The number of nitrogens with one attached hydrogen (secondary N) is 1. The number of hydrogen-bond acceptors (Lipinski definition) is 3. The number of aliphatic imine (C=N–C) groups is 1. The van der Waals surface area contributed by atoms with Gasteiger partial charge in [-0.2, -0.15) is 0 Å². The van der Waals surface area contributed by atoms with Crippen LogP contribution in [0, 0.1) is 0 Å². The largest absolute Gasteiger partial charge is 0.322 e. The number of hydrogen-bond donors (Lipinski definition) is 2. The van der Waals surface area contributed by atoms with E-state index in [1.165, 1.54) is 49.7 Å². The van der Waals surface area contributed by atoms with Crippen molar-refractivity contribution in [3.8, 4) is 11.1 Å². The Labute approximate surface area is 154 Å².